The van der Waals surface area contributed by atoms with Crippen molar-refractivity contribution in [3.8, 4) is 5.75 Å². The average Bonchev–Trinajstić information content (AvgIpc) is 3.47. The van der Waals surface area contributed by atoms with Crippen LogP contribution in [-0.4, -0.2) is 51.7 Å². The Morgan fingerprint density at radius 1 is 1.28 bits per heavy atom. The summed E-state index contributed by atoms with van der Waals surface area (Å²) in [6.07, 6.45) is 2.32. The van der Waals surface area contributed by atoms with Gasteiger partial charge in [-0.05, 0) is 38.5 Å². The van der Waals surface area contributed by atoms with Crippen LogP contribution in [0.25, 0.3) is 0 Å². The lowest BCUT2D eigenvalue weighted by atomic mass is 9.99. The normalized spacial score (nSPS) is 24.4. The monoisotopic (exact) mass is 437 g/mol. The van der Waals surface area contributed by atoms with Gasteiger partial charge in [-0.15, -0.1) is 0 Å². The summed E-state index contributed by atoms with van der Waals surface area (Å²) in [5.74, 6) is 0.636. The second-order valence-electron chi connectivity index (χ2n) is 9.43. The summed E-state index contributed by atoms with van der Waals surface area (Å²) in [6, 6.07) is 8.18. The lowest BCUT2D eigenvalue weighted by Gasteiger charge is -2.37. The number of likely N-dealkylation sites (N-methyl/N-ethyl adjacent to an activating group) is 1. The largest absolute Gasteiger partial charge is 0.477 e. The first-order valence-corrected chi connectivity index (χ1v) is 11.5. The van der Waals surface area contributed by atoms with Gasteiger partial charge in [0.2, 0.25) is 0 Å². The van der Waals surface area contributed by atoms with Gasteiger partial charge in [0, 0.05) is 51.0 Å². The van der Waals surface area contributed by atoms with Crippen molar-refractivity contribution in [2.45, 2.75) is 70.3 Å². The highest BCUT2D eigenvalue weighted by atomic mass is 16.5. The highest BCUT2D eigenvalue weighted by Crippen LogP contribution is 2.41. The lowest BCUT2D eigenvalue weighted by molar-refractivity contribution is -0.129. The summed E-state index contributed by atoms with van der Waals surface area (Å²) in [7, 11) is 1.63. The van der Waals surface area contributed by atoms with E-state index in [0.29, 0.717) is 24.9 Å². The van der Waals surface area contributed by atoms with E-state index in [-0.39, 0.29) is 23.9 Å². The van der Waals surface area contributed by atoms with Crippen LogP contribution in [0.3, 0.4) is 0 Å². The van der Waals surface area contributed by atoms with Crippen LogP contribution in [-0.2, 0) is 17.8 Å². The van der Waals surface area contributed by atoms with Crippen molar-refractivity contribution in [1.29, 1.82) is 0 Å². The highest BCUT2D eigenvalue weighted by molar-refractivity contribution is 5.95. The molecule has 32 heavy (non-hydrogen) atoms. The van der Waals surface area contributed by atoms with Gasteiger partial charge in [-0.1, -0.05) is 12.1 Å². The van der Waals surface area contributed by atoms with Gasteiger partial charge in [-0.3, -0.25) is 14.3 Å². The summed E-state index contributed by atoms with van der Waals surface area (Å²) in [4.78, 5) is 27.5. The van der Waals surface area contributed by atoms with E-state index in [9.17, 15) is 9.59 Å². The maximum absolute atomic E-state index is 13.5. The minimum absolute atomic E-state index is 0.0394. The molecular formula is C24H31N5O3. The zero-order chi connectivity index (χ0) is 22.6. The number of carbonyl (C=O) groups excluding carboxylic acids is 2. The number of benzene rings is 1. The van der Waals surface area contributed by atoms with Crippen molar-refractivity contribution in [3.63, 3.8) is 0 Å². The second-order valence-corrected chi connectivity index (χ2v) is 9.43. The first-order valence-electron chi connectivity index (χ1n) is 11.5. The van der Waals surface area contributed by atoms with Gasteiger partial charge in [-0.25, -0.2) is 0 Å². The molecule has 0 saturated heterocycles. The molecule has 5 rings (SSSR count). The van der Waals surface area contributed by atoms with E-state index >= 15 is 0 Å². The van der Waals surface area contributed by atoms with Crippen LogP contribution in [0.1, 0.15) is 73.0 Å². The molecule has 2 N–H and O–H groups in total. The zero-order valence-electron chi connectivity index (χ0n) is 19.1. The second kappa shape index (κ2) is 7.62. The summed E-state index contributed by atoms with van der Waals surface area (Å²) in [5.41, 5.74) is 3.14. The molecule has 2 amide bonds. The topological polar surface area (TPSA) is 88.5 Å². The van der Waals surface area contributed by atoms with Crippen molar-refractivity contribution in [2.75, 3.05) is 13.6 Å². The molecular weight excluding hydrogens is 406 g/mol. The molecule has 2 aromatic rings. The molecule has 3 aliphatic rings. The van der Waals surface area contributed by atoms with Crippen LogP contribution in [0.15, 0.2) is 24.3 Å². The molecule has 2 aliphatic heterocycles. The van der Waals surface area contributed by atoms with Crippen LogP contribution < -0.4 is 15.4 Å². The third kappa shape index (κ3) is 3.37. The third-order valence-electron chi connectivity index (χ3n) is 7.05. The summed E-state index contributed by atoms with van der Waals surface area (Å²) in [5, 5.41) is 10.9. The molecule has 0 bridgehead atoms. The fraction of sp³-hybridized carbons (Fsp3) is 0.542. The Hall–Kier alpha value is -2.87. The third-order valence-corrected chi connectivity index (χ3v) is 7.05. The van der Waals surface area contributed by atoms with Crippen molar-refractivity contribution in [1.82, 2.24) is 25.3 Å². The number of aromatic nitrogens is 2. The van der Waals surface area contributed by atoms with Crippen molar-refractivity contribution < 1.29 is 14.3 Å². The zero-order valence-corrected chi connectivity index (χ0v) is 19.1. The predicted molar refractivity (Wildman–Crippen MR) is 119 cm³/mol. The molecule has 170 valence electrons. The van der Waals surface area contributed by atoms with E-state index in [2.05, 4.69) is 31.4 Å². The number of rotatable bonds is 5. The first-order chi connectivity index (χ1) is 15.3. The van der Waals surface area contributed by atoms with E-state index < -0.39 is 5.60 Å². The summed E-state index contributed by atoms with van der Waals surface area (Å²) >= 11 is 0. The average molecular weight is 438 g/mol. The Kier molecular flexibility index (Phi) is 5.00. The molecule has 8 heteroatoms. The summed E-state index contributed by atoms with van der Waals surface area (Å²) in [6.45, 7) is 7.64. The van der Waals surface area contributed by atoms with E-state index in [0.717, 1.165) is 41.8 Å². The lowest BCUT2D eigenvalue weighted by Crippen LogP contribution is -2.44. The van der Waals surface area contributed by atoms with E-state index in [1.807, 2.05) is 33.8 Å². The van der Waals surface area contributed by atoms with Gasteiger partial charge in [0.1, 0.15) is 11.4 Å². The number of carbonyl (C=O) groups is 2. The number of ether oxygens (including phenoxy) is 1. The number of nitrogens with one attached hydrogen (secondary N) is 2. The number of fused-ring (bicyclic) bond motifs is 3. The molecule has 0 spiro atoms. The van der Waals surface area contributed by atoms with Crippen LogP contribution in [0.2, 0.25) is 0 Å². The van der Waals surface area contributed by atoms with Gasteiger partial charge in [0.15, 0.2) is 5.60 Å². The fourth-order valence-electron chi connectivity index (χ4n) is 4.90. The van der Waals surface area contributed by atoms with Crippen molar-refractivity contribution >= 4 is 11.8 Å². The Morgan fingerprint density at radius 3 is 2.66 bits per heavy atom. The Labute approximate surface area is 188 Å². The van der Waals surface area contributed by atoms with Gasteiger partial charge in [0.25, 0.3) is 11.8 Å². The highest BCUT2D eigenvalue weighted by Gasteiger charge is 2.52. The number of hydrogen-bond donors (Lipinski definition) is 2. The Balaban J connectivity index is 1.36. The van der Waals surface area contributed by atoms with Gasteiger partial charge < -0.3 is 20.3 Å². The molecule has 3 atom stereocenters. The maximum atomic E-state index is 13.5. The maximum Gasteiger partial charge on any atom is 0.273 e. The van der Waals surface area contributed by atoms with Gasteiger partial charge in [0.05, 0.1) is 17.8 Å². The number of nitrogens with zero attached hydrogens (tertiary/aromatic N) is 3. The number of amides is 2. The Morgan fingerprint density at radius 2 is 2.00 bits per heavy atom. The van der Waals surface area contributed by atoms with Gasteiger partial charge in [-0.2, -0.15) is 5.10 Å². The predicted octanol–water partition coefficient (Wildman–Crippen LogP) is 2.35. The molecule has 8 nitrogen and oxygen atoms in total. The van der Waals surface area contributed by atoms with Gasteiger partial charge >= 0.3 is 0 Å². The Bertz CT molecular complexity index is 1060. The van der Waals surface area contributed by atoms with E-state index in [4.69, 9.17) is 9.84 Å². The minimum atomic E-state index is -0.719. The molecule has 1 aromatic heterocycles. The van der Waals surface area contributed by atoms with Crippen LogP contribution in [0, 0.1) is 0 Å². The molecule has 0 radical (unpaired) electrons. The van der Waals surface area contributed by atoms with Crippen LogP contribution in [0.5, 0.6) is 5.75 Å². The molecule has 1 aliphatic carbocycles. The molecule has 1 fully saturated rings. The quantitative estimate of drug-likeness (QED) is 0.750. The first kappa shape index (κ1) is 21.0. The minimum Gasteiger partial charge on any atom is -0.477 e. The van der Waals surface area contributed by atoms with Crippen molar-refractivity contribution in [2.24, 2.45) is 0 Å². The number of hydrogen-bond acceptors (Lipinski definition) is 5. The molecule has 1 saturated carbocycles. The van der Waals surface area contributed by atoms with Crippen molar-refractivity contribution in [3.05, 3.63) is 46.8 Å². The van der Waals surface area contributed by atoms with Crippen LogP contribution >= 0.6 is 0 Å². The van der Waals surface area contributed by atoms with E-state index in [1.54, 1.807) is 7.05 Å². The van der Waals surface area contributed by atoms with Crippen LogP contribution in [0.4, 0.5) is 0 Å². The molecule has 3 heterocycles. The molecule has 1 aromatic carbocycles. The SMILES string of the molecule is CNC(=O)C1(Oc2ccc(C(C)N3C[C@@H](C)n4nc5c(c4C3=O)CN[C@H](C)C5)cc2)CC1. The standard InChI is InChI=1S/C24H31N5O3/c1-14-11-20-19(12-26-14)21-22(30)28(13-15(2)29(21)27-20)16(3)17-5-7-18(8-6-17)32-24(9-10-24)23(31)25-4/h5-8,14-16,26H,9-13H2,1-4H3,(H,25,31)/t14-,15-,16?/m1/s1. The molecule has 1 unspecified atom stereocenters. The fourth-order valence-corrected chi connectivity index (χ4v) is 4.90. The van der Waals surface area contributed by atoms with E-state index in [1.165, 1.54) is 0 Å². The summed E-state index contributed by atoms with van der Waals surface area (Å²) < 4.78 is 7.91. The smallest absolute Gasteiger partial charge is 0.273 e.